The average molecular weight is 536 g/mol. The summed E-state index contributed by atoms with van der Waals surface area (Å²) in [5.74, 6) is -5.95. The number of hydrogen-bond acceptors (Lipinski definition) is 8. The van der Waals surface area contributed by atoms with Crippen molar-refractivity contribution in [2.75, 3.05) is 63.0 Å². The fourth-order valence-electron chi connectivity index (χ4n) is 4.71. The molecule has 1 fully saturated rings. The molecular weight excluding hydrogens is 503 g/mol. The number of ether oxygens (including phenoxy) is 1. The zero-order valence-corrected chi connectivity index (χ0v) is 21.9. The molecule has 4 rings (SSSR count). The highest BCUT2D eigenvalue weighted by atomic mass is 19.3. The number of likely N-dealkylation sites (N-methyl/N-ethyl adjacent to an activating group) is 1. The van der Waals surface area contributed by atoms with Gasteiger partial charge in [-0.15, -0.1) is 0 Å². The number of anilines is 4. The molecule has 1 aromatic heterocycles. The van der Waals surface area contributed by atoms with Gasteiger partial charge in [0.1, 0.15) is 17.3 Å². The Kier molecular flexibility index (Phi) is 7.95. The first-order chi connectivity index (χ1) is 18.0. The third kappa shape index (κ3) is 5.62. The van der Waals surface area contributed by atoms with Crippen molar-refractivity contribution in [1.29, 1.82) is 0 Å². The van der Waals surface area contributed by atoms with Crippen molar-refractivity contribution in [3.63, 3.8) is 0 Å². The van der Waals surface area contributed by atoms with E-state index in [-0.39, 0.29) is 40.5 Å². The summed E-state index contributed by atoms with van der Waals surface area (Å²) in [5, 5.41) is 5.53. The van der Waals surface area contributed by atoms with E-state index in [9.17, 15) is 22.8 Å². The van der Waals surface area contributed by atoms with E-state index in [0.717, 1.165) is 23.8 Å². The number of nitrogens with one attached hydrogen (secondary N) is 2. The maximum Gasteiger partial charge on any atom is 0.342 e. The molecule has 1 saturated carbocycles. The molecule has 13 heteroatoms. The molecule has 0 radical (unpaired) electrons. The van der Waals surface area contributed by atoms with Crippen molar-refractivity contribution in [2.45, 2.75) is 37.6 Å². The number of amides is 2. The largest absolute Gasteiger partial charge is 0.495 e. The number of halogens is 3. The Hall–Kier alpha value is -3.61. The molecule has 0 atom stereocenters. The molecule has 0 bridgehead atoms. The number of hydrogen-bond donors (Lipinski definition) is 2. The third-order valence-electron chi connectivity index (χ3n) is 6.76. The Morgan fingerprint density at radius 2 is 1.97 bits per heavy atom. The maximum atomic E-state index is 14.9. The summed E-state index contributed by atoms with van der Waals surface area (Å²) >= 11 is 0. The van der Waals surface area contributed by atoms with Gasteiger partial charge < -0.3 is 30.1 Å². The van der Waals surface area contributed by atoms with Crippen molar-refractivity contribution in [3.05, 3.63) is 29.7 Å². The molecule has 10 nitrogen and oxygen atoms in total. The van der Waals surface area contributed by atoms with Crippen LogP contribution in [0, 0.1) is 5.82 Å². The van der Waals surface area contributed by atoms with Gasteiger partial charge in [-0.05, 0) is 33.0 Å². The van der Waals surface area contributed by atoms with Gasteiger partial charge in [-0.1, -0.05) is 12.8 Å². The van der Waals surface area contributed by atoms with Crippen LogP contribution in [0.3, 0.4) is 0 Å². The number of aromatic nitrogens is 2. The fraction of sp³-hybridized carbons (Fsp3) is 0.520. The Morgan fingerprint density at radius 3 is 2.63 bits per heavy atom. The smallest absolute Gasteiger partial charge is 0.342 e. The first kappa shape index (κ1) is 27.4. The van der Waals surface area contributed by atoms with Crippen LogP contribution < -0.4 is 25.2 Å². The van der Waals surface area contributed by atoms with E-state index in [1.807, 2.05) is 19.0 Å². The summed E-state index contributed by atoms with van der Waals surface area (Å²) in [7, 11) is 6.35. The predicted molar refractivity (Wildman–Crippen MR) is 137 cm³/mol. The van der Waals surface area contributed by atoms with Crippen LogP contribution in [0.1, 0.15) is 36.0 Å². The van der Waals surface area contributed by atoms with E-state index < -0.39 is 30.1 Å². The molecule has 2 aliphatic rings. The lowest BCUT2D eigenvalue weighted by atomic mass is 10.1. The lowest BCUT2D eigenvalue weighted by molar-refractivity contribution is -0.140. The van der Waals surface area contributed by atoms with Gasteiger partial charge in [0, 0.05) is 32.2 Å². The minimum Gasteiger partial charge on any atom is -0.495 e. The standard InChI is InChI=1S/C25H32F3N7O3/c1-33(2)10-9-29-22(36)16-11-20(38-4)18(12-17(16)26)31-24-30-13-19-21(32-24)35(15-7-5-6-8-15)14-25(27,28)23(37)34(19)3/h11-13,15H,5-10,14H2,1-4H3,(H,29,36)(H,30,31,32). The Bertz CT molecular complexity index is 1200. The van der Waals surface area contributed by atoms with Crippen LogP contribution in [-0.4, -0.2) is 86.5 Å². The summed E-state index contributed by atoms with van der Waals surface area (Å²) in [6.45, 7) is 0.133. The highest BCUT2D eigenvalue weighted by Crippen LogP contribution is 2.40. The minimum atomic E-state index is -3.60. The zero-order chi connectivity index (χ0) is 27.6. The number of benzene rings is 1. The van der Waals surface area contributed by atoms with E-state index in [2.05, 4.69) is 20.6 Å². The summed E-state index contributed by atoms with van der Waals surface area (Å²) in [5.41, 5.74) is 0.113. The second-order valence-corrected chi connectivity index (χ2v) is 9.75. The lowest BCUT2D eigenvalue weighted by Gasteiger charge is -2.31. The molecule has 0 unspecified atom stereocenters. The van der Waals surface area contributed by atoms with Gasteiger partial charge in [0.15, 0.2) is 5.82 Å². The Balaban J connectivity index is 1.65. The van der Waals surface area contributed by atoms with Crippen LogP contribution in [0.5, 0.6) is 5.75 Å². The van der Waals surface area contributed by atoms with Gasteiger partial charge in [0.05, 0.1) is 31.1 Å². The SMILES string of the molecule is COc1cc(C(=O)NCCN(C)C)c(F)cc1Nc1ncc2c(n1)N(C1CCCC1)CC(F)(F)C(=O)N2C. The average Bonchev–Trinajstić information content (AvgIpc) is 3.39. The predicted octanol–water partition coefficient (Wildman–Crippen LogP) is 3.02. The van der Waals surface area contributed by atoms with E-state index in [1.165, 1.54) is 31.3 Å². The fourth-order valence-corrected chi connectivity index (χ4v) is 4.71. The molecule has 2 amide bonds. The van der Waals surface area contributed by atoms with Gasteiger partial charge in [-0.2, -0.15) is 13.8 Å². The quantitative estimate of drug-likeness (QED) is 0.532. The summed E-state index contributed by atoms with van der Waals surface area (Å²) in [4.78, 5) is 37.8. The number of carbonyl (C=O) groups is 2. The normalized spacial score (nSPS) is 17.4. The molecule has 2 heterocycles. The van der Waals surface area contributed by atoms with Crippen LogP contribution in [0.25, 0.3) is 0 Å². The molecule has 2 aromatic rings. The number of methoxy groups -OCH3 is 1. The number of carbonyl (C=O) groups excluding carboxylic acids is 2. The first-order valence-electron chi connectivity index (χ1n) is 12.4. The Morgan fingerprint density at radius 1 is 1.26 bits per heavy atom. The second kappa shape index (κ2) is 11.0. The molecule has 2 N–H and O–H groups in total. The molecule has 1 aliphatic carbocycles. The van der Waals surface area contributed by atoms with Crippen molar-refractivity contribution >= 4 is 35.0 Å². The van der Waals surface area contributed by atoms with Gasteiger partial charge in [-0.25, -0.2) is 9.37 Å². The molecule has 206 valence electrons. The van der Waals surface area contributed by atoms with Crippen LogP contribution in [0.4, 0.5) is 36.3 Å². The maximum absolute atomic E-state index is 14.9. The first-order valence-corrected chi connectivity index (χ1v) is 12.4. The molecule has 0 spiro atoms. The van der Waals surface area contributed by atoms with Crippen LogP contribution in [-0.2, 0) is 4.79 Å². The highest BCUT2D eigenvalue weighted by Gasteiger charge is 2.48. The van der Waals surface area contributed by atoms with Crippen LogP contribution >= 0.6 is 0 Å². The van der Waals surface area contributed by atoms with E-state index in [1.54, 1.807) is 0 Å². The van der Waals surface area contributed by atoms with Crippen molar-refractivity contribution in [3.8, 4) is 5.75 Å². The van der Waals surface area contributed by atoms with Crippen LogP contribution in [0.2, 0.25) is 0 Å². The summed E-state index contributed by atoms with van der Waals surface area (Å²) in [6.07, 6.45) is 4.50. The van der Waals surface area contributed by atoms with Crippen molar-refractivity contribution < 1.29 is 27.5 Å². The van der Waals surface area contributed by atoms with E-state index in [4.69, 9.17) is 4.74 Å². The van der Waals surface area contributed by atoms with Gasteiger partial charge in [0.2, 0.25) is 5.95 Å². The molecule has 1 aromatic carbocycles. The summed E-state index contributed by atoms with van der Waals surface area (Å²) in [6, 6.07) is 2.16. The number of rotatable bonds is 8. The van der Waals surface area contributed by atoms with E-state index in [0.29, 0.717) is 25.9 Å². The zero-order valence-electron chi connectivity index (χ0n) is 21.9. The molecular formula is C25H32F3N7O3. The second-order valence-electron chi connectivity index (χ2n) is 9.75. The Labute approximate surface area is 219 Å². The number of nitrogens with zero attached hydrogens (tertiary/aromatic N) is 5. The van der Waals surface area contributed by atoms with Crippen LogP contribution in [0.15, 0.2) is 18.3 Å². The van der Waals surface area contributed by atoms with Crippen molar-refractivity contribution in [1.82, 2.24) is 20.2 Å². The molecule has 1 aliphatic heterocycles. The molecule has 38 heavy (non-hydrogen) atoms. The van der Waals surface area contributed by atoms with Gasteiger partial charge in [0.25, 0.3) is 11.8 Å². The van der Waals surface area contributed by atoms with Crippen molar-refractivity contribution in [2.24, 2.45) is 0 Å². The lowest BCUT2D eigenvalue weighted by Crippen LogP contribution is -2.48. The topological polar surface area (TPSA) is 103 Å². The summed E-state index contributed by atoms with van der Waals surface area (Å²) < 4.78 is 49.9. The number of fused-ring (bicyclic) bond motifs is 1. The van der Waals surface area contributed by atoms with E-state index >= 15 is 0 Å². The van der Waals surface area contributed by atoms with Gasteiger partial charge >= 0.3 is 5.92 Å². The number of alkyl halides is 2. The van der Waals surface area contributed by atoms with Gasteiger partial charge in [-0.3, -0.25) is 9.59 Å². The minimum absolute atomic E-state index is 0.00121. The molecule has 0 saturated heterocycles. The highest BCUT2D eigenvalue weighted by molar-refractivity contribution is 6.02. The monoisotopic (exact) mass is 535 g/mol. The third-order valence-corrected chi connectivity index (χ3v) is 6.76.